The predicted molar refractivity (Wildman–Crippen MR) is 105 cm³/mol. The Morgan fingerprint density at radius 3 is 2.35 bits per heavy atom. The highest BCUT2D eigenvalue weighted by atomic mass is 16.6. The van der Waals surface area contributed by atoms with Gasteiger partial charge in [0.1, 0.15) is 11.1 Å². The summed E-state index contributed by atoms with van der Waals surface area (Å²) in [5.74, 6) is -3.11. The van der Waals surface area contributed by atoms with Gasteiger partial charge in [0.05, 0.1) is 17.4 Å². The number of nitriles is 1. The predicted octanol–water partition coefficient (Wildman–Crippen LogP) is 1.90. The first kappa shape index (κ1) is 21.3. The largest absolute Gasteiger partial charge is 0.452 e. The fourth-order valence-electron chi connectivity index (χ4n) is 3.18. The first-order valence-corrected chi connectivity index (χ1v) is 9.05. The molecule has 0 spiro atoms. The molecule has 0 saturated carbocycles. The first-order chi connectivity index (χ1) is 14.8. The van der Waals surface area contributed by atoms with E-state index in [0.29, 0.717) is 0 Å². The highest BCUT2D eigenvalue weighted by Gasteiger charge is 2.39. The number of amides is 1. The molecule has 156 valence electrons. The van der Waals surface area contributed by atoms with Crippen molar-refractivity contribution in [3.05, 3.63) is 74.3 Å². The number of nitrogens with zero attached hydrogens (tertiary/aromatic N) is 3. The smallest absolute Gasteiger partial charge is 0.345 e. The maximum atomic E-state index is 12.9. The van der Waals surface area contributed by atoms with Gasteiger partial charge in [-0.15, -0.1) is 0 Å². The van der Waals surface area contributed by atoms with Crippen molar-refractivity contribution < 1.29 is 28.8 Å². The third-order valence-corrected chi connectivity index (χ3v) is 4.78. The van der Waals surface area contributed by atoms with Crippen molar-refractivity contribution in [3.63, 3.8) is 0 Å². The van der Waals surface area contributed by atoms with Crippen LogP contribution < -0.4 is 0 Å². The second-order valence-corrected chi connectivity index (χ2v) is 6.64. The molecular weight excluding hydrogens is 406 g/mol. The fourth-order valence-corrected chi connectivity index (χ4v) is 3.18. The summed E-state index contributed by atoms with van der Waals surface area (Å²) in [6.07, 6.45) is 0.0874. The zero-order valence-electron chi connectivity index (χ0n) is 16.3. The molecular formula is C21H15N3O7. The van der Waals surface area contributed by atoms with E-state index in [-0.39, 0.29) is 29.7 Å². The van der Waals surface area contributed by atoms with E-state index in [9.17, 15) is 29.3 Å². The average Bonchev–Trinajstić information content (AvgIpc) is 2.77. The molecule has 0 aromatic heterocycles. The van der Waals surface area contributed by atoms with Crippen LogP contribution in [0.15, 0.2) is 36.4 Å². The van der Waals surface area contributed by atoms with Crippen LogP contribution in [0, 0.1) is 21.4 Å². The highest BCUT2D eigenvalue weighted by molar-refractivity contribution is 6.30. The zero-order valence-corrected chi connectivity index (χ0v) is 16.3. The molecule has 0 unspecified atom stereocenters. The van der Waals surface area contributed by atoms with Gasteiger partial charge < -0.3 is 9.64 Å². The van der Waals surface area contributed by atoms with Crippen LogP contribution in [0.1, 0.15) is 48.6 Å². The van der Waals surface area contributed by atoms with Crippen LogP contribution in [-0.2, 0) is 9.53 Å². The maximum absolute atomic E-state index is 12.9. The van der Waals surface area contributed by atoms with Crippen LogP contribution in [0.2, 0.25) is 0 Å². The third-order valence-electron chi connectivity index (χ3n) is 4.78. The Kier molecular flexibility index (Phi) is 5.88. The number of rotatable bonds is 6. The third kappa shape index (κ3) is 3.89. The van der Waals surface area contributed by atoms with Crippen molar-refractivity contribution >= 4 is 29.1 Å². The van der Waals surface area contributed by atoms with E-state index >= 15 is 0 Å². The molecule has 0 fully saturated rings. The number of hydrogen-bond donors (Lipinski definition) is 0. The summed E-state index contributed by atoms with van der Waals surface area (Å²) in [6.45, 7) is -0.577. The molecule has 1 aliphatic carbocycles. The molecule has 10 nitrogen and oxygen atoms in total. The van der Waals surface area contributed by atoms with Crippen molar-refractivity contribution in [2.75, 3.05) is 20.2 Å². The minimum atomic E-state index is -1.18. The molecule has 31 heavy (non-hydrogen) atoms. The number of fused-ring (bicyclic) bond motifs is 2. The Bertz CT molecular complexity index is 1180. The van der Waals surface area contributed by atoms with E-state index in [2.05, 4.69) is 0 Å². The number of ether oxygens (including phenoxy) is 1. The lowest BCUT2D eigenvalue weighted by Gasteiger charge is -2.18. The number of carbonyl (C=O) groups excluding carboxylic acids is 4. The number of carbonyl (C=O) groups is 4. The summed E-state index contributed by atoms with van der Waals surface area (Å²) in [7, 11) is 1.41. The molecule has 10 heteroatoms. The van der Waals surface area contributed by atoms with E-state index < -0.39 is 51.8 Å². The minimum Gasteiger partial charge on any atom is -0.452 e. The van der Waals surface area contributed by atoms with Gasteiger partial charge >= 0.3 is 5.97 Å². The van der Waals surface area contributed by atoms with Crippen molar-refractivity contribution in [2.45, 2.75) is 6.42 Å². The summed E-state index contributed by atoms with van der Waals surface area (Å²) in [5.41, 5.74) is -1.93. The second-order valence-electron chi connectivity index (χ2n) is 6.64. The van der Waals surface area contributed by atoms with E-state index in [1.807, 2.05) is 6.07 Å². The normalized spacial score (nSPS) is 11.7. The Hall–Kier alpha value is -4.39. The van der Waals surface area contributed by atoms with Gasteiger partial charge in [0.15, 0.2) is 12.4 Å². The quantitative estimate of drug-likeness (QED) is 0.333. The molecule has 0 radical (unpaired) electrons. The summed E-state index contributed by atoms with van der Waals surface area (Å²) >= 11 is 0. The van der Waals surface area contributed by atoms with Crippen LogP contribution in [-0.4, -0.2) is 53.5 Å². The van der Waals surface area contributed by atoms with Crippen LogP contribution in [0.3, 0.4) is 0 Å². The van der Waals surface area contributed by atoms with E-state index in [1.165, 1.54) is 30.1 Å². The monoisotopic (exact) mass is 421 g/mol. The molecule has 1 aliphatic rings. The minimum absolute atomic E-state index is 0.00270. The van der Waals surface area contributed by atoms with E-state index in [0.717, 1.165) is 12.1 Å². The van der Waals surface area contributed by atoms with E-state index in [4.69, 9.17) is 10.00 Å². The molecule has 3 rings (SSSR count). The number of hydrogen-bond acceptors (Lipinski definition) is 8. The standard InChI is InChI=1S/C21H15N3O7/c1-23(10-4-9-22)16(25)11-31-21(28)15-8-7-14-17(18(15)24(29)30)20(27)13-6-3-2-5-12(13)19(14)26/h2-3,5-8H,4,10-11H2,1H3. The molecule has 0 aliphatic heterocycles. The van der Waals surface area contributed by atoms with Gasteiger partial charge in [-0.2, -0.15) is 5.26 Å². The van der Waals surface area contributed by atoms with Gasteiger partial charge in [0.2, 0.25) is 5.78 Å². The lowest BCUT2D eigenvalue weighted by molar-refractivity contribution is -0.385. The van der Waals surface area contributed by atoms with Crippen molar-refractivity contribution in [1.29, 1.82) is 5.26 Å². The Morgan fingerprint density at radius 1 is 1.10 bits per heavy atom. The average molecular weight is 421 g/mol. The van der Waals surface area contributed by atoms with Gasteiger partial charge in [-0.1, -0.05) is 24.3 Å². The van der Waals surface area contributed by atoms with Crippen molar-refractivity contribution in [2.24, 2.45) is 0 Å². The van der Waals surface area contributed by atoms with Gasteiger partial charge in [-0.25, -0.2) is 4.79 Å². The number of nitro groups is 1. The summed E-state index contributed by atoms with van der Waals surface area (Å²) in [5, 5.41) is 20.3. The second kappa shape index (κ2) is 8.54. The zero-order chi connectivity index (χ0) is 22.7. The van der Waals surface area contributed by atoms with Crippen molar-refractivity contribution in [1.82, 2.24) is 4.90 Å². The molecule has 0 saturated heterocycles. The topological polar surface area (TPSA) is 148 Å². The molecule has 1 amide bonds. The summed E-state index contributed by atoms with van der Waals surface area (Å²) < 4.78 is 4.89. The molecule has 0 atom stereocenters. The Balaban J connectivity index is 1.95. The Labute approximate surface area is 175 Å². The fraction of sp³-hybridized carbons (Fsp3) is 0.190. The highest BCUT2D eigenvalue weighted by Crippen LogP contribution is 2.35. The molecule has 0 N–H and O–H groups in total. The van der Waals surface area contributed by atoms with Gasteiger partial charge in [0.25, 0.3) is 11.6 Å². The van der Waals surface area contributed by atoms with Gasteiger partial charge in [-0.3, -0.25) is 24.5 Å². The number of likely N-dealkylation sites (N-methyl/N-ethyl adjacent to an activating group) is 1. The Morgan fingerprint density at radius 2 is 1.74 bits per heavy atom. The maximum Gasteiger partial charge on any atom is 0.345 e. The molecule has 0 heterocycles. The number of ketones is 2. The molecule has 2 aromatic rings. The van der Waals surface area contributed by atoms with Crippen LogP contribution >= 0.6 is 0 Å². The van der Waals surface area contributed by atoms with Crippen LogP contribution in [0.5, 0.6) is 0 Å². The molecule has 2 aromatic carbocycles. The summed E-state index contributed by atoms with van der Waals surface area (Å²) in [6, 6.07) is 9.98. The van der Waals surface area contributed by atoms with Gasteiger partial charge in [0, 0.05) is 30.3 Å². The number of benzene rings is 2. The van der Waals surface area contributed by atoms with Crippen LogP contribution in [0.25, 0.3) is 0 Å². The van der Waals surface area contributed by atoms with Crippen molar-refractivity contribution in [3.8, 4) is 6.07 Å². The van der Waals surface area contributed by atoms with Crippen LogP contribution in [0.4, 0.5) is 5.69 Å². The van der Waals surface area contributed by atoms with E-state index in [1.54, 1.807) is 6.07 Å². The lowest BCUT2D eigenvalue weighted by Crippen LogP contribution is -2.32. The lowest BCUT2D eigenvalue weighted by atomic mass is 9.82. The number of nitro benzene ring substituents is 1. The number of esters is 1. The first-order valence-electron chi connectivity index (χ1n) is 9.05. The van der Waals surface area contributed by atoms with Gasteiger partial charge in [-0.05, 0) is 12.1 Å². The molecule has 0 bridgehead atoms. The summed E-state index contributed by atoms with van der Waals surface area (Å²) in [4.78, 5) is 62.1. The SMILES string of the molecule is CN(CCC#N)C(=O)COC(=O)c1ccc2c(c1[N+](=O)[O-])C(=O)c1ccccc1C2=O.